The minimum Gasteiger partial charge on any atom is -0.333 e. The number of aryl methyl sites for hydroxylation is 3. The number of rotatable bonds is 3. The summed E-state index contributed by atoms with van der Waals surface area (Å²) in [5, 5.41) is 7.92. The summed E-state index contributed by atoms with van der Waals surface area (Å²) in [6.07, 6.45) is 5.69. The Morgan fingerprint density at radius 1 is 0.491 bits per heavy atom. The van der Waals surface area contributed by atoms with Gasteiger partial charge < -0.3 is 9.30 Å². The zero-order valence-corrected chi connectivity index (χ0v) is 32.5. The van der Waals surface area contributed by atoms with E-state index in [0.717, 1.165) is 6.42 Å². The van der Waals surface area contributed by atoms with Crippen LogP contribution in [-0.2, 0) is 0 Å². The van der Waals surface area contributed by atoms with Crippen LogP contribution >= 0.6 is 0 Å². The second-order valence-electron chi connectivity index (χ2n) is 15.8. The third-order valence-electron chi connectivity index (χ3n) is 12.5. The van der Waals surface area contributed by atoms with Crippen LogP contribution in [0.25, 0.3) is 71.1 Å². The average molecular weight is 731 g/mol. The molecule has 0 bridgehead atoms. The summed E-state index contributed by atoms with van der Waals surface area (Å²) in [4.78, 5) is 2.53. The Kier molecular flexibility index (Phi) is 7.69. The van der Waals surface area contributed by atoms with E-state index in [1.54, 1.807) is 0 Å². The number of hydrogen-bond donors (Lipinski definition) is 0. The summed E-state index contributed by atoms with van der Waals surface area (Å²) in [5.41, 5.74) is 18.5. The highest BCUT2D eigenvalue weighted by Gasteiger charge is 2.36. The lowest BCUT2D eigenvalue weighted by Gasteiger charge is -2.31. The Morgan fingerprint density at radius 3 is 1.98 bits per heavy atom. The van der Waals surface area contributed by atoms with Crippen LogP contribution in [0.5, 0.6) is 0 Å². The Hall–Kier alpha value is -6.90. The van der Waals surface area contributed by atoms with Crippen LogP contribution in [0.15, 0.2) is 182 Å². The number of para-hydroxylation sites is 4. The van der Waals surface area contributed by atoms with Crippen molar-refractivity contribution in [2.24, 2.45) is 0 Å². The van der Waals surface area contributed by atoms with Crippen molar-refractivity contribution >= 4 is 71.4 Å². The molecule has 0 saturated heterocycles. The first-order chi connectivity index (χ1) is 28.0. The van der Waals surface area contributed by atoms with E-state index in [1.807, 2.05) is 18.2 Å². The molecule has 12 rings (SSSR count). The van der Waals surface area contributed by atoms with Crippen molar-refractivity contribution in [3.63, 3.8) is 0 Å². The highest BCUT2D eigenvalue weighted by Crippen LogP contribution is 2.49. The van der Waals surface area contributed by atoms with E-state index in [-0.39, 0.29) is 6.04 Å². The van der Waals surface area contributed by atoms with Crippen molar-refractivity contribution in [2.45, 2.75) is 33.2 Å². The largest absolute Gasteiger partial charge is 0.333 e. The van der Waals surface area contributed by atoms with Gasteiger partial charge in [-0.1, -0.05) is 151 Å². The normalized spacial score (nSPS) is 14.9. The molecule has 3 heterocycles. The number of fused-ring (bicyclic) bond motifs is 10. The molecule has 1 atom stereocenters. The molecule has 1 unspecified atom stereocenters. The van der Waals surface area contributed by atoms with Crippen LogP contribution < -0.4 is 4.90 Å². The molecule has 0 amide bonds. The van der Waals surface area contributed by atoms with Gasteiger partial charge in [0.15, 0.2) is 0 Å². The fourth-order valence-electron chi connectivity index (χ4n) is 9.79. The summed E-state index contributed by atoms with van der Waals surface area (Å²) in [6, 6.07) is 62.4. The van der Waals surface area contributed by atoms with Gasteiger partial charge in [0, 0.05) is 38.5 Å². The van der Waals surface area contributed by atoms with Crippen LogP contribution in [0.3, 0.4) is 0 Å². The lowest BCUT2D eigenvalue weighted by molar-refractivity contribution is 0.840. The van der Waals surface area contributed by atoms with Crippen LogP contribution in [-0.4, -0.2) is 10.4 Å². The molecule has 8 aromatic carbocycles. The fraction of sp³-hybridized carbons (Fsp3) is 0.0909. The highest BCUT2D eigenvalue weighted by molar-refractivity contribution is 6.24. The molecule has 272 valence electrons. The summed E-state index contributed by atoms with van der Waals surface area (Å²) in [6.45, 7) is 6.66. The molecule has 2 aliphatic rings. The molecule has 0 spiro atoms. The summed E-state index contributed by atoms with van der Waals surface area (Å²) in [7, 11) is 0. The number of hydrogen-bond acceptors (Lipinski definition) is 1. The van der Waals surface area contributed by atoms with Gasteiger partial charge in [-0.3, -0.25) is 0 Å². The SMILES string of the molecule is Cc1cc(C2=CC=C3c4ccccc4N(c4ccccc4)C3C2)ccc1-c1ccc2cc3c4cccc5c6ccccc6n(c3cc2c1C)c54.Cc1ccccc1. The molecular formula is C55H42N2. The topological polar surface area (TPSA) is 7.65 Å². The fourth-order valence-corrected chi connectivity index (χ4v) is 9.79. The van der Waals surface area contributed by atoms with Gasteiger partial charge in [-0.25, -0.2) is 0 Å². The van der Waals surface area contributed by atoms with Gasteiger partial charge >= 0.3 is 0 Å². The van der Waals surface area contributed by atoms with Crippen molar-refractivity contribution in [2.75, 3.05) is 4.90 Å². The third-order valence-corrected chi connectivity index (χ3v) is 12.5. The van der Waals surface area contributed by atoms with E-state index in [0.29, 0.717) is 0 Å². The predicted octanol–water partition coefficient (Wildman–Crippen LogP) is 14.7. The summed E-state index contributed by atoms with van der Waals surface area (Å²) in [5.74, 6) is 0. The van der Waals surface area contributed by atoms with Crippen LogP contribution in [0, 0.1) is 20.8 Å². The van der Waals surface area contributed by atoms with E-state index >= 15 is 0 Å². The number of aromatic nitrogens is 1. The predicted molar refractivity (Wildman–Crippen MR) is 244 cm³/mol. The van der Waals surface area contributed by atoms with Gasteiger partial charge in [-0.05, 0) is 113 Å². The second kappa shape index (κ2) is 13.1. The van der Waals surface area contributed by atoms with Gasteiger partial charge in [-0.15, -0.1) is 0 Å². The first kappa shape index (κ1) is 33.4. The lowest BCUT2D eigenvalue weighted by Crippen LogP contribution is -2.28. The van der Waals surface area contributed by atoms with Gasteiger partial charge in [0.05, 0.1) is 22.6 Å². The monoisotopic (exact) mass is 730 g/mol. The van der Waals surface area contributed by atoms with Crippen LogP contribution in [0.1, 0.15) is 34.2 Å². The van der Waals surface area contributed by atoms with Crippen molar-refractivity contribution < 1.29 is 0 Å². The molecule has 2 heteroatoms. The van der Waals surface area contributed by atoms with E-state index < -0.39 is 0 Å². The first-order valence-electron chi connectivity index (χ1n) is 20.1. The first-order valence-corrected chi connectivity index (χ1v) is 20.1. The van der Waals surface area contributed by atoms with Crippen LogP contribution in [0.2, 0.25) is 0 Å². The van der Waals surface area contributed by atoms with E-state index in [2.05, 4.69) is 194 Å². The summed E-state index contributed by atoms with van der Waals surface area (Å²) >= 11 is 0. The lowest BCUT2D eigenvalue weighted by atomic mass is 9.86. The number of allylic oxidation sites excluding steroid dienone is 2. The maximum absolute atomic E-state index is 2.53. The molecule has 2 nitrogen and oxygen atoms in total. The Morgan fingerprint density at radius 2 is 1.19 bits per heavy atom. The standard InChI is InChI=1S/C48H34N2.C7H8/c1-29-25-31(32-20-24-39-37-13-6-8-17-44(37)49(46(39)27-32)34-11-4-3-5-12-34)19-22-35(29)36-23-21-33-26-43-41-16-10-15-40-38-14-7-9-18-45(38)50(48(40)41)47(43)28-42(33)30(36)2;1-7-5-3-2-4-6-7/h3-26,28,46H,27H2,1-2H3;2-6H,1H3. The van der Waals surface area contributed by atoms with Gasteiger partial charge in [0.1, 0.15) is 0 Å². The van der Waals surface area contributed by atoms with Crippen molar-refractivity contribution in [3.05, 3.63) is 210 Å². The molecular weight excluding hydrogens is 689 g/mol. The maximum atomic E-state index is 2.53. The molecule has 0 radical (unpaired) electrons. The Balaban J connectivity index is 0.000000486. The van der Waals surface area contributed by atoms with Crippen molar-refractivity contribution in [1.82, 2.24) is 4.40 Å². The molecule has 0 fully saturated rings. The number of anilines is 2. The Labute approximate surface area is 333 Å². The van der Waals surface area contributed by atoms with Gasteiger partial charge in [0.25, 0.3) is 0 Å². The smallest absolute Gasteiger partial charge is 0.0638 e. The molecule has 57 heavy (non-hydrogen) atoms. The third kappa shape index (κ3) is 5.25. The summed E-state index contributed by atoms with van der Waals surface area (Å²) < 4.78 is 2.49. The highest BCUT2D eigenvalue weighted by atomic mass is 15.2. The molecule has 1 aliphatic carbocycles. The van der Waals surface area contributed by atoms with E-state index in [4.69, 9.17) is 0 Å². The number of nitrogens with zero attached hydrogens (tertiary/aromatic N) is 2. The number of benzene rings is 8. The Bertz CT molecular complexity index is 3240. The van der Waals surface area contributed by atoms with Crippen molar-refractivity contribution in [1.29, 1.82) is 0 Å². The molecule has 1 aliphatic heterocycles. The van der Waals surface area contributed by atoms with Crippen LogP contribution in [0.4, 0.5) is 11.4 Å². The van der Waals surface area contributed by atoms with Crippen molar-refractivity contribution in [3.8, 4) is 11.1 Å². The molecule has 0 N–H and O–H groups in total. The molecule has 2 aromatic heterocycles. The van der Waals surface area contributed by atoms with Gasteiger partial charge in [0.2, 0.25) is 0 Å². The zero-order chi connectivity index (χ0) is 38.2. The van der Waals surface area contributed by atoms with E-state index in [9.17, 15) is 0 Å². The molecule has 10 aromatic rings. The quantitative estimate of drug-likeness (QED) is 0.176. The maximum Gasteiger partial charge on any atom is 0.0638 e. The zero-order valence-electron chi connectivity index (χ0n) is 32.5. The molecule has 0 saturated carbocycles. The minimum atomic E-state index is 0.282. The van der Waals surface area contributed by atoms with Gasteiger partial charge in [-0.2, -0.15) is 0 Å². The second-order valence-corrected chi connectivity index (χ2v) is 15.8. The minimum absolute atomic E-state index is 0.282. The average Bonchev–Trinajstić information content (AvgIpc) is 3.89. The van der Waals surface area contributed by atoms with E-state index in [1.165, 1.54) is 110 Å².